The van der Waals surface area contributed by atoms with Crippen LogP contribution < -0.4 is 10.4 Å². The summed E-state index contributed by atoms with van der Waals surface area (Å²) in [6.45, 7) is 0. The quantitative estimate of drug-likeness (QED) is 0.864. The number of ether oxygens (including phenoxy) is 1. The minimum Gasteiger partial charge on any atom is -0.497 e. The fourth-order valence-corrected chi connectivity index (χ4v) is 1.68. The van der Waals surface area contributed by atoms with Crippen molar-refractivity contribution >= 4 is 34.8 Å². The minimum atomic E-state index is -1.82. The number of nitrogens with zero attached hydrogens (tertiary/aromatic N) is 2. The van der Waals surface area contributed by atoms with Gasteiger partial charge in [0.25, 0.3) is 0 Å². The van der Waals surface area contributed by atoms with Gasteiger partial charge in [0.05, 0.1) is 7.11 Å². The van der Waals surface area contributed by atoms with Crippen molar-refractivity contribution in [1.82, 2.24) is 15.0 Å². The van der Waals surface area contributed by atoms with Crippen LogP contribution in [0.1, 0.15) is 5.82 Å². The number of benzene rings is 1. The Labute approximate surface area is 123 Å². The lowest BCUT2D eigenvalue weighted by molar-refractivity contribution is 0.415. The molecule has 0 aliphatic heterocycles. The van der Waals surface area contributed by atoms with Crippen LogP contribution in [0, 0.1) is 0 Å². The summed E-state index contributed by atoms with van der Waals surface area (Å²) in [6, 6.07) is 6.90. The van der Waals surface area contributed by atoms with Gasteiger partial charge in [0.1, 0.15) is 5.75 Å². The van der Waals surface area contributed by atoms with Gasteiger partial charge in [0, 0.05) is 5.56 Å². The first-order valence-electron chi connectivity index (χ1n) is 5.10. The van der Waals surface area contributed by atoms with Crippen LogP contribution in [0.2, 0.25) is 0 Å². The third-order valence-electron chi connectivity index (χ3n) is 2.25. The monoisotopic (exact) mass is 319 g/mol. The first-order valence-corrected chi connectivity index (χ1v) is 6.23. The van der Waals surface area contributed by atoms with Gasteiger partial charge >= 0.3 is 5.69 Å². The van der Waals surface area contributed by atoms with E-state index in [9.17, 15) is 4.79 Å². The zero-order chi connectivity index (χ0) is 14.0. The molecule has 8 heteroatoms. The van der Waals surface area contributed by atoms with Crippen molar-refractivity contribution in [3.63, 3.8) is 0 Å². The molecule has 0 atom stereocenters. The van der Waals surface area contributed by atoms with Gasteiger partial charge in [-0.25, -0.2) is 9.78 Å². The van der Waals surface area contributed by atoms with Gasteiger partial charge in [0.15, 0.2) is 11.6 Å². The fourth-order valence-electron chi connectivity index (χ4n) is 1.41. The predicted molar refractivity (Wildman–Crippen MR) is 73.9 cm³/mol. The molecular weight excluding hydrogens is 312 g/mol. The number of methoxy groups -OCH3 is 1. The lowest BCUT2D eigenvalue weighted by atomic mass is 10.2. The third-order valence-corrected chi connectivity index (χ3v) is 2.78. The van der Waals surface area contributed by atoms with Crippen LogP contribution in [0.4, 0.5) is 0 Å². The molecule has 0 fully saturated rings. The summed E-state index contributed by atoms with van der Waals surface area (Å²) >= 11 is 17.1. The Morgan fingerprint density at radius 1 is 1.26 bits per heavy atom. The standard InChI is InChI=1S/C11H8Cl3N3O2/c1-19-7-4-2-3-6(5-7)8-15-9(11(12,13)14)17-10(18)16-8/h2-5H,1H3,(H,15,16,17,18). The largest absolute Gasteiger partial charge is 0.497 e. The number of rotatable bonds is 2. The highest BCUT2D eigenvalue weighted by Crippen LogP contribution is 2.35. The molecule has 0 amide bonds. The van der Waals surface area contributed by atoms with Crippen molar-refractivity contribution in [2.24, 2.45) is 0 Å². The Morgan fingerprint density at radius 3 is 2.63 bits per heavy atom. The first kappa shape index (κ1) is 14.1. The van der Waals surface area contributed by atoms with Crippen LogP contribution in [-0.2, 0) is 3.79 Å². The Morgan fingerprint density at radius 2 is 2.00 bits per heavy atom. The van der Waals surface area contributed by atoms with Crippen molar-refractivity contribution < 1.29 is 4.74 Å². The summed E-state index contributed by atoms with van der Waals surface area (Å²) in [5.74, 6) is 0.677. The van der Waals surface area contributed by atoms with E-state index in [-0.39, 0.29) is 11.6 Å². The molecule has 1 aromatic heterocycles. The summed E-state index contributed by atoms with van der Waals surface area (Å²) < 4.78 is 3.26. The highest BCUT2D eigenvalue weighted by molar-refractivity contribution is 6.66. The van der Waals surface area contributed by atoms with E-state index < -0.39 is 9.48 Å². The van der Waals surface area contributed by atoms with Gasteiger partial charge in [-0.15, -0.1) is 0 Å². The second kappa shape index (κ2) is 5.36. The number of hydrogen-bond acceptors (Lipinski definition) is 4. The molecule has 0 unspecified atom stereocenters. The summed E-state index contributed by atoms with van der Waals surface area (Å²) in [5.41, 5.74) is -0.0601. The maximum absolute atomic E-state index is 11.5. The topological polar surface area (TPSA) is 67.9 Å². The Hall–Kier alpha value is -1.30. The number of H-pyrrole nitrogens is 1. The Kier molecular flexibility index (Phi) is 3.99. The molecule has 19 heavy (non-hydrogen) atoms. The number of alkyl halides is 3. The van der Waals surface area contributed by atoms with E-state index in [1.807, 2.05) is 0 Å². The average molecular weight is 321 g/mol. The van der Waals surface area contributed by atoms with Crippen molar-refractivity contribution in [2.75, 3.05) is 7.11 Å². The number of aromatic nitrogens is 3. The van der Waals surface area contributed by atoms with Crippen LogP contribution in [0.25, 0.3) is 11.4 Å². The molecule has 1 aromatic carbocycles. The smallest absolute Gasteiger partial charge is 0.348 e. The fraction of sp³-hybridized carbons (Fsp3) is 0.182. The van der Waals surface area contributed by atoms with Crippen LogP contribution in [0.5, 0.6) is 5.75 Å². The van der Waals surface area contributed by atoms with Crippen molar-refractivity contribution in [3.8, 4) is 17.1 Å². The zero-order valence-electron chi connectivity index (χ0n) is 9.65. The van der Waals surface area contributed by atoms with E-state index in [2.05, 4.69) is 15.0 Å². The molecule has 1 heterocycles. The molecule has 5 nitrogen and oxygen atoms in total. The van der Waals surface area contributed by atoms with Gasteiger partial charge < -0.3 is 4.74 Å². The van der Waals surface area contributed by atoms with E-state index in [0.29, 0.717) is 11.3 Å². The molecule has 0 aliphatic carbocycles. The number of aromatic amines is 1. The first-order chi connectivity index (χ1) is 8.90. The summed E-state index contributed by atoms with van der Waals surface area (Å²) in [7, 11) is 1.53. The van der Waals surface area contributed by atoms with E-state index in [1.165, 1.54) is 7.11 Å². The van der Waals surface area contributed by atoms with E-state index in [4.69, 9.17) is 39.5 Å². The number of hydrogen-bond donors (Lipinski definition) is 1. The summed E-state index contributed by atoms with van der Waals surface area (Å²) in [6.07, 6.45) is 0. The summed E-state index contributed by atoms with van der Waals surface area (Å²) in [4.78, 5) is 21.5. The number of halogens is 3. The third kappa shape index (κ3) is 3.37. The second-order valence-electron chi connectivity index (χ2n) is 3.56. The molecule has 0 aliphatic rings. The van der Waals surface area contributed by atoms with Gasteiger partial charge in [0.2, 0.25) is 3.79 Å². The Bertz CT molecular complexity index is 652. The lowest BCUT2D eigenvalue weighted by Gasteiger charge is -2.10. The van der Waals surface area contributed by atoms with Gasteiger partial charge in [-0.2, -0.15) is 4.98 Å². The molecule has 2 aromatic rings. The molecular formula is C11H8Cl3N3O2. The predicted octanol–water partition coefficient (Wildman–Crippen LogP) is 2.67. The Balaban J connectivity index is 2.56. The van der Waals surface area contributed by atoms with E-state index >= 15 is 0 Å². The van der Waals surface area contributed by atoms with Gasteiger partial charge in [-0.05, 0) is 12.1 Å². The second-order valence-corrected chi connectivity index (χ2v) is 5.84. The molecule has 0 radical (unpaired) electrons. The van der Waals surface area contributed by atoms with Crippen LogP contribution in [0.3, 0.4) is 0 Å². The molecule has 0 spiro atoms. The maximum Gasteiger partial charge on any atom is 0.348 e. The molecule has 0 bridgehead atoms. The van der Waals surface area contributed by atoms with Gasteiger partial charge in [-0.1, -0.05) is 46.9 Å². The van der Waals surface area contributed by atoms with Crippen molar-refractivity contribution in [2.45, 2.75) is 3.79 Å². The normalized spacial score (nSPS) is 11.4. The van der Waals surface area contributed by atoms with Gasteiger partial charge in [-0.3, -0.25) is 4.98 Å². The molecule has 0 saturated carbocycles. The SMILES string of the molecule is COc1cccc(-c2nc(C(Cl)(Cl)Cl)[nH]c(=O)n2)c1. The van der Waals surface area contributed by atoms with Crippen LogP contribution in [0.15, 0.2) is 29.1 Å². The van der Waals surface area contributed by atoms with Crippen molar-refractivity contribution in [3.05, 3.63) is 40.6 Å². The van der Waals surface area contributed by atoms with Crippen LogP contribution >= 0.6 is 34.8 Å². The maximum atomic E-state index is 11.5. The molecule has 2 rings (SSSR count). The van der Waals surface area contributed by atoms with Crippen LogP contribution in [-0.4, -0.2) is 22.1 Å². The molecule has 0 saturated heterocycles. The highest BCUT2D eigenvalue weighted by Gasteiger charge is 2.27. The number of nitrogens with one attached hydrogen (secondary N) is 1. The van der Waals surface area contributed by atoms with E-state index in [1.54, 1.807) is 24.3 Å². The molecule has 1 N–H and O–H groups in total. The lowest BCUT2D eigenvalue weighted by Crippen LogP contribution is -2.20. The highest BCUT2D eigenvalue weighted by atomic mass is 35.6. The molecule has 100 valence electrons. The van der Waals surface area contributed by atoms with E-state index in [0.717, 1.165) is 0 Å². The minimum absolute atomic E-state index is 0.0877. The van der Waals surface area contributed by atoms with Crippen molar-refractivity contribution in [1.29, 1.82) is 0 Å². The summed E-state index contributed by atoms with van der Waals surface area (Å²) in [5, 5.41) is 0. The average Bonchev–Trinajstić information content (AvgIpc) is 2.37. The zero-order valence-corrected chi connectivity index (χ0v) is 11.9.